The van der Waals surface area contributed by atoms with Gasteiger partial charge in [0.1, 0.15) is 0 Å². The fraction of sp³-hybridized carbons (Fsp3) is 0.500. The van der Waals surface area contributed by atoms with E-state index in [0.717, 1.165) is 24.5 Å². The maximum Gasteiger partial charge on any atom is 0.0459 e. The molecule has 0 spiro atoms. The molecule has 2 heterocycles. The smallest absolute Gasteiger partial charge is 0.0459 e. The monoisotopic (exact) mass is 258 g/mol. The Labute approximate surface area is 107 Å². The predicted molar refractivity (Wildman–Crippen MR) is 71.0 cm³/mol. The molecule has 0 aliphatic carbocycles. The van der Waals surface area contributed by atoms with Crippen molar-refractivity contribution in [3.05, 3.63) is 28.8 Å². The Morgan fingerprint density at radius 3 is 3.00 bits per heavy atom. The number of halogens is 2. The van der Waals surface area contributed by atoms with Crippen LogP contribution in [0.25, 0.3) is 0 Å². The summed E-state index contributed by atoms with van der Waals surface area (Å²) >= 11 is 6.24. The van der Waals surface area contributed by atoms with Crippen LogP contribution in [0.15, 0.2) is 18.2 Å². The maximum atomic E-state index is 6.24. The van der Waals surface area contributed by atoms with Crippen molar-refractivity contribution in [2.45, 2.75) is 25.4 Å². The number of hydrogen-bond acceptors (Lipinski definition) is 2. The van der Waals surface area contributed by atoms with Crippen LogP contribution in [0, 0.1) is 0 Å². The molecule has 1 aromatic rings. The van der Waals surface area contributed by atoms with Gasteiger partial charge in [-0.1, -0.05) is 17.7 Å². The molecule has 3 rings (SSSR count). The number of nitrogens with zero attached hydrogens (tertiary/aromatic N) is 1. The molecule has 0 amide bonds. The van der Waals surface area contributed by atoms with Gasteiger partial charge in [-0.2, -0.15) is 0 Å². The molecule has 1 aromatic carbocycles. The van der Waals surface area contributed by atoms with Gasteiger partial charge in [0.05, 0.1) is 0 Å². The minimum atomic E-state index is 0. The van der Waals surface area contributed by atoms with Crippen molar-refractivity contribution in [2.24, 2.45) is 0 Å². The first-order valence-corrected chi connectivity index (χ1v) is 5.91. The highest BCUT2D eigenvalue weighted by Crippen LogP contribution is 2.38. The van der Waals surface area contributed by atoms with Crippen LogP contribution in [0.4, 0.5) is 5.69 Å². The van der Waals surface area contributed by atoms with E-state index >= 15 is 0 Å². The fourth-order valence-electron chi connectivity index (χ4n) is 2.85. The lowest BCUT2D eigenvalue weighted by atomic mass is 10.1. The molecule has 1 unspecified atom stereocenters. The second-order valence-corrected chi connectivity index (χ2v) is 4.92. The molecule has 1 fully saturated rings. The number of nitrogens with one attached hydrogen (secondary N) is 1. The zero-order chi connectivity index (χ0) is 10.4. The van der Waals surface area contributed by atoms with Crippen molar-refractivity contribution in [2.75, 3.05) is 18.0 Å². The minimum Gasteiger partial charge on any atom is -0.363 e. The minimum absolute atomic E-state index is 0. The summed E-state index contributed by atoms with van der Waals surface area (Å²) in [5.74, 6) is 0. The third-order valence-corrected chi connectivity index (χ3v) is 3.85. The summed E-state index contributed by atoms with van der Waals surface area (Å²) < 4.78 is 0. The normalized spacial score (nSPS) is 27.0. The van der Waals surface area contributed by atoms with Crippen molar-refractivity contribution in [3.8, 4) is 0 Å². The lowest BCUT2D eigenvalue weighted by Gasteiger charge is -2.38. The number of fused-ring (bicyclic) bond motifs is 3. The molecule has 1 N–H and O–H groups in total. The van der Waals surface area contributed by atoms with Crippen molar-refractivity contribution < 1.29 is 0 Å². The Morgan fingerprint density at radius 1 is 1.38 bits per heavy atom. The van der Waals surface area contributed by atoms with Crippen LogP contribution in [0.1, 0.15) is 12.5 Å². The summed E-state index contributed by atoms with van der Waals surface area (Å²) in [7, 11) is 0. The highest BCUT2D eigenvalue weighted by Gasteiger charge is 2.35. The molecule has 2 aliphatic rings. The number of anilines is 1. The number of benzene rings is 1. The largest absolute Gasteiger partial charge is 0.363 e. The molecular formula is C12H16Cl2N2. The molecule has 2 aliphatic heterocycles. The van der Waals surface area contributed by atoms with Gasteiger partial charge in [0, 0.05) is 35.9 Å². The summed E-state index contributed by atoms with van der Waals surface area (Å²) in [6, 6.07) is 7.42. The third kappa shape index (κ3) is 1.69. The lowest BCUT2D eigenvalue weighted by molar-refractivity contribution is 0.430. The number of piperazine rings is 1. The van der Waals surface area contributed by atoms with E-state index in [1.807, 2.05) is 6.07 Å². The van der Waals surface area contributed by atoms with Crippen molar-refractivity contribution >= 4 is 29.7 Å². The van der Waals surface area contributed by atoms with Gasteiger partial charge in [-0.15, -0.1) is 12.4 Å². The fourth-order valence-corrected chi connectivity index (χ4v) is 3.09. The summed E-state index contributed by atoms with van der Waals surface area (Å²) in [6.45, 7) is 4.42. The van der Waals surface area contributed by atoms with Crippen LogP contribution in [-0.2, 0) is 6.42 Å². The Hall–Kier alpha value is -0.440. The molecule has 88 valence electrons. The summed E-state index contributed by atoms with van der Waals surface area (Å²) in [5, 5.41) is 4.40. The van der Waals surface area contributed by atoms with Crippen LogP contribution >= 0.6 is 24.0 Å². The van der Waals surface area contributed by atoms with Crippen molar-refractivity contribution in [1.29, 1.82) is 0 Å². The van der Waals surface area contributed by atoms with Gasteiger partial charge in [0.2, 0.25) is 0 Å². The van der Waals surface area contributed by atoms with Crippen molar-refractivity contribution in [1.82, 2.24) is 5.32 Å². The van der Waals surface area contributed by atoms with Gasteiger partial charge in [0.25, 0.3) is 0 Å². The van der Waals surface area contributed by atoms with Gasteiger partial charge in [-0.25, -0.2) is 0 Å². The van der Waals surface area contributed by atoms with Gasteiger partial charge < -0.3 is 10.2 Å². The average Bonchev–Trinajstić information content (AvgIpc) is 2.59. The first-order valence-electron chi connectivity index (χ1n) is 5.54. The zero-order valence-corrected chi connectivity index (χ0v) is 10.8. The van der Waals surface area contributed by atoms with Gasteiger partial charge in [-0.05, 0) is 31.0 Å². The standard InChI is InChI=1S/C12H15ClN2.ClH/c1-8-6-14-7-9-5-10-11(13)3-2-4-12(10)15(8)9;/h2-4,8-9,14H,5-7H2,1H3;1H/t8?,9-;/m1./s1. The van der Waals surface area contributed by atoms with Gasteiger partial charge >= 0.3 is 0 Å². The molecular weight excluding hydrogens is 243 g/mol. The summed E-state index contributed by atoms with van der Waals surface area (Å²) in [6.07, 6.45) is 1.09. The van der Waals surface area contributed by atoms with E-state index in [2.05, 4.69) is 29.3 Å². The van der Waals surface area contributed by atoms with Crippen LogP contribution in [0.3, 0.4) is 0 Å². The summed E-state index contributed by atoms with van der Waals surface area (Å²) in [5.41, 5.74) is 2.68. The SMILES string of the molecule is CC1CNC[C@H]2Cc3c(Cl)cccc3N12.Cl. The van der Waals surface area contributed by atoms with E-state index in [1.165, 1.54) is 11.3 Å². The lowest BCUT2D eigenvalue weighted by Crippen LogP contribution is -2.54. The van der Waals surface area contributed by atoms with Crippen LogP contribution in [0.2, 0.25) is 5.02 Å². The van der Waals surface area contributed by atoms with Crippen LogP contribution in [0.5, 0.6) is 0 Å². The average molecular weight is 259 g/mol. The van der Waals surface area contributed by atoms with E-state index in [4.69, 9.17) is 11.6 Å². The first-order chi connectivity index (χ1) is 7.27. The highest BCUT2D eigenvalue weighted by atomic mass is 35.5. The van der Waals surface area contributed by atoms with E-state index in [1.54, 1.807) is 0 Å². The number of hydrogen-bond donors (Lipinski definition) is 1. The van der Waals surface area contributed by atoms with Crippen LogP contribution in [-0.4, -0.2) is 25.2 Å². The Morgan fingerprint density at radius 2 is 2.19 bits per heavy atom. The topological polar surface area (TPSA) is 15.3 Å². The second kappa shape index (κ2) is 4.44. The third-order valence-electron chi connectivity index (χ3n) is 3.50. The molecule has 0 radical (unpaired) electrons. The van der Waals surface area contributed by atoms with E-state index in [-0.39, 0.29) is 12.4 Å². The van der Waals surface area contributed by atoms with Gasteiger partial charge in [0.15, 0.2) is 0 Å². The Kier molecular flexibility index (Phi) is 3.34. The maximum absolute atomic E-state index is 6.24. The number of rotatable bonds is 0. The van der Waals surface area contributed by atoms with Gasteiger partial charge in [-0.3, -0.25) is 0 Å². The Bertz CT molecular complexity index is 395. The van der Waals surface area contributed by atoms with Crippen molar-refractivity contribution in [3.63, 3.8) is 0 Å². The molecule has 1 saturated heterocycles. The van der Waals surface area contributed by atoms with E-state index < -0.39 is 0 Å². The van der Waals surface area contributed by atoms with E-state index in [0.29, 0.717) is 12.1 Å². The molecule has 4 heteroatoms. The second-order valence-electron chi connectivity index (χ2n) is 4.51. The predicted octanol–water partition coefficient (Wildman–Crippen LogP) is 2.48. The molecule has 2 nitrogen and oxygen atoms in total. The molecule has 0 aromatic heterocycles. The van der Waals surface area contributed by atoms with Crippen LogP contribution < -0.4 is 10.2 Å². The molecule has 2 atom stereocenters. The zero-order valence-electron chi connectivity index (χ0n) is 9.24. The summed E-state index contributed by atoms with van der Waals surface area (Å²) in [4.78, 5) is 2.53. The highest BCUT2D eigenvalue weighted by molar-refractivity contribution is 6.31. The quantitative estimate of drug-likeness (QED) is 0.770. The molecule has 0 saturated carbocycles. The Balaban J connectivity index is 0.000000963. The molecule has 16 heavy (non-hydrogen) atoms. The molecule has 0 bridgehead atoms. The van der Waals surface area contributed by atoms with E-state index in [9.17, 15) is 0 Å². The first kappa shape index (κ1) is 12.0.